The largest absolute Gasteiger partial charge is 0.454 e. The van der Waals surface area contributed by atoms with Gasteiger partial charge in [-0.25, -0.2) is 13.8 Å². The first kappa shape index (κ1) is 13.2. The quantitative estimate of drug-likeness (QED) is 0.868. The van der Waals surface area contributed by atoms with Gasteiger partial charge in [-0.1, -0.05) is 18.7 Å². The fraction of sp³-hybridized carbons (Fsp3) is 0.143. The first-order chi connectivity index (χ1) is 10.1. The van der Waals surface area contributed by atoms with E-state index in [1.165, 1.54) is 0 Å². The third-order valence-electron chi connectivity index (χ3n) is 3.07. The topological polar surface area (TPSA) is 73.3 Å². The number of hydrogen-bond acceptors (Lipinski definition) is 4. The molecule has 1 aromatic carbocycles. The number of nitrogens with zero attached hydrogens (tertiary/aromatic N) is 1. The van der Waals surface area contributed by atoms with Crippen LogP contribution in [-0.4, -0.2) is 16.3 Å². The maximum atomic E-state index is 13.5. The highest BCUT2D eigenvalue weighted by Gasteiger charge is 2.21. The van der Waals surface area contributed by atoms with Gasteiger partial charge < -0.3 is 14.5 Å². The molecule has 6 nitrogen and oxygen atoms in total. The normalized spacial score (nSPS) is 14.0. The van der Waals surface area contributed by atoms with E-state index < -0.39 is 17.4 Å². The summed E-state index contributed by atoms with van der Waals surface area (Å²) in [4.78, 5) is 26.5. The Bertz CT molecular complexity index is 793. The van der Waals surface area contributed by atoms with Gasteiger partial charge in [0.1, 0.15) is 0 Å². The van der Waals surface area contributed by atoms with Crippen molar-refractivity contribution in [1.82, 2.24) is 9.55 Å². The van der Waals surface area contributed by atoms with Crippen molar-refractivity contribution >= 4 is 0 Å². The Morgan fingerprint density at radius 3 is 2.90 bits per heavy atom. The Kier molecular flexibility index (Phi) is 3.09. The number of nitrogens with one attached hydrogen (secondary N) is 1. The highest BCUT2D eigenvalue weighted by Crippen LogP contribution is 2.36. The summed E-state index contributed by atoms with van der Waals surface area (Å²) in [5, 5.41) is 0. The average Bonchev–Trinajstić information content (AvgIpc) is 2.94. The van der Waals surface area contributed by atoms with Gasteiger partial charge in [0.05, 0.1) is 11.4 Å². The van der Waals surface area contributed by atoms with Crippen LogP contribution in [-0.2, 0) is 0 Å². The summed E-state index contributed by atoms with van der Waals surface area (Å²) in [7, 11) is 0. The van der Waals surface area contributed by atoms with Gasteiger partial charge in [0.2, 0.25) is 6.79 Å². The van der Waals surface area contributed by atoms with Gasteiger partial charge in [-0.2, -0.15) is 0 Å². The third-order valence-corrected chi connectivity index (χ3v) is 3.07. The van der Waals surface area contributed by atoms with Crippen molar-refractivity contribution in [2.45, 2.75) is 6.17 Å². The SMILES string of the molecule is C=CC(F)c1cc(=O)n(-c2cccc3c2OCO3)c(=O)[nH]1. The zero-order chi connectivity index (χ0) is 15.0. The van der Waals surface area contributed by atoms with Gasteiger partial charge in [-0.3, -0.25) is 4.79 Å². The van der Waals surface area contributed by atoms with Crippen molar-refractivity contribution in [1.29, 1.82) is 0 Å². The summed E-state index contributed by atoms with van der Waals surface area (Å²) in [6.07, 6.45) is -0.618. The maximum Gasteiger partial charge on any atom is 0.333 e. The molecule has 21 heavy (non-hydrogen) atoms. The van der Waals surface area contributed by atoms with E-state index in [4.69, 9.17) is 9.47 Å². The molecule has 1 aliphatic heterocycles. The summed E-state index contributed by atoms with van der Waals surface area (Å²) in [6, 6.07) is 5.85. The number of hydrogen-bond donors (Lipinski definition) is 1. The number of H-pyrrole nitrogens is 1. The van der Waals surface area contributed by atoms with Gasteiger partial charge in [0.25, 0.3) is 5.56 Å². The second-order valence-corrected chi connectivity index (χ2v) is 4.35. The molecule has 0 bridgehead atoms. The molecule has 0 aliphatic carbocycles. The Morgan fingerprint density at radius 2 is 2.19 bits per heavy atom. The van der Waals surface area contributed by atoms with Crippen molar-refractivity contribution in [3.05, 3.63) is 63.5 Å². The van der Waals surface area contributed by atoms with E-state index in [-0.39, 0.29) is 18.2 Å². The Hall–Kier alpha value is -2.83. The van der Waals surface area contributed by atoms with Crippen molar-refractivity contribution in [3.8, 4) is 17.2 Å². The number of allylic oxidation sites excluding steroid dienone is 1. The molecule has 3 rings (SSSR count). The molecule has 0 radical (unpaired) electrons. The summed E-state index contributed by atoms with van der Waals surface area (Å²) < 4.78 is 24.8. The molecular weight excluding hydrogens is 279 g/mol. The number of aromatic nitrogens is 2. The minimum Gasteiger partial charge on any atom is -0.454 e. The minimum atomic E-state index is -1.61. The molecule has 1 unspecified atom stereocenters. The van der Waals surface area contributed by atoms with E-state index in [2.05, 4.69) is 11.6 Å². The Labute approximate surface area is 118 Å². The summed E-state index contributed by atoms with van der Waals surface area (Å²) in [5.41, 5.74) is -1.31. The van der Waals surface area contributed by atoms with Crippen molar-refractivity contribution in [2.75, 3.05) is 6.79 Å². The van der Waals surface area contributed by atoms with Crippen molar-refractivity contribution in [3.63, 3.8) is 0 Å². The molecule has 7 heteroatoms. The average molecular weight is 290 g/mol. The van der Waals surface area contributed by atoms with Crippen LogP contribution < -0.4 is 20.7 Å². The molecule has 1 N–H and O–H groups in total. The number of aromatic amines is 1. The third kappa shape index (κ3) is 2.12. The second-order valence-electron chi connectivity index (χ2n) is 4.35. The lowest BCUT2D eigenvalue weighted by Crippen LogP contribution is -2.34. The summed E-state index contributed by atoms with van der Waals surface area (Å²) in [5.74, 6) is 0.746. The highest BCUT2D eigenvalue weighted by molar-refractivity contribution is 5.56. The molecule has 0 fully saturated rings. The number of rotatable bonds is 3. The molecular formula is C14H11FN2O4. The fourth-order valence-corrected chi connectivity index (χ4v) is 2.11. The lowest BCUT2D eigenvalue weighted by Gasteiger charge is -2.09. The van der Waals surface area contributed by atoms with Crippen LogP contribution in [0.5, 0.6) is 11.5 Å². The molecule has 2 aromatic rings. The lowest BCUT2D eigenvalue weighted by molar-refractivity contribution is 0.173. The van der Waals surface area contributed by atoms with Gasteiger partial charge in [-0.15, -0.1) is 0 Å². The predicted molar refractivity (Wildman–Crippen MR) is 72.8 cm³/mol. The van der Waals surface area contributed by atoms with Gasteiger partial charge in [-0.05, 0) is 12.1 Å². The standard InChI is InChI=1S/C14H11FN2O4/c1-2-8(15)9-6-12(18)17(14(19)16-9)10-4-3-5-11-13(10)21-7-20-11/h2-6,8H,1,7H2,(H,16,19). The molecule has 108 valence electrons. The van der Waals surface area contributed by atoms with Crippen molar-refractivity contribution in [2.24, 2.45) is 0 Å². The van der Waals surface area contributed by atoms with Crippen LogP contribution in [0.1, 0.15) is 11.9 Å². The number of ether oxygens (including phenoxy) is 2. The first-order valence-electron chi connectivity index (χ1n) is 6.13. The maximum absolute atomic E-state index is 13.5. The molecule has 1 aromatic heterocycles. The highest BCUT2D eigenvalue weighted by atomic mass is 19.1. The summed E-state index contributed by atoms with van der Waals surface area (Å²) in [6.45, 7) is 3.30. The van der Waals surface area contributed by atoms with Crippen LogP contribution >= 0.6 is 0 Å². The molecule has 1 aliphatic rings. The number of alkyl halides is 1. The van der Waals surface area contributed by atoms with E-state index in [0.717, 1.165) is 16.7 Å². The zero-order valence-corrected chi connectivity index (χ0v) is 10.8. The molecule has 0 amide bonds. The van der Waals surface area contributed by atoms with Crippen LogP contribution in [0.2, 0.25) is 0 Å². The number of halogens is 1. The molecule has 2 heterocycles. The van der Waals surface area contributed by atoms with Crippen LogP contribution in [0.15, 0.2) is 46.5 Å². The second kappa shape index (κ2) is 4.93. The van der Waals surface area contributed by atoms with Crippen LogP contribution in [0.4, 0.5) is 4.39 Å². The van der Waals surface area contributed by atoms with E-state index in [0.29, 0.717) is 11.5 Å². The molecule has 0 saturated carbocycles. The van der Waals surface area contributed by atoms with Gasteiger partial charge >= 0.3 is 5.69 Å². The number of para-hydroxylation sites is 1. The first-order valence-corrected chi connectivity index (χ1v) is 6.13. The van der Waals surface area contributed by atoms with E-state index in [1.54, 1.807) is 18.2 Å². The Balaban J connectivity index is 2.21. The van der Waals surface area contributed by atoms with E-state index in [9.17, 15) is 14.0 Å². The van der Waals surface area contributed by atoms with E-state index >= 15 is 0 Å². The molecule has 0 saturated heterocycles. The van der Waals surface area contributed by atoms with Crippen LogP contribution in [0.25, 0.3) is 5.69 Å². The van der Waals surface area contributed by atoms with Crippen LogP contribution in [0.3, 0.4) is 0 Å². The molecule has 0 spiro atoms. The van der Waals surface area contributed by atoms with Gasteiger partial charge in [0, 0.05) is 6.07 Å². The summed E-state index contributed by atoms with van der Waals surface area (Å²) >= 11 is 0. The minimum absolute atomic E-state index is 0.0140. The number of benzene rings is 1. The monoisotopic (exact) mass is 290 g/mol. The fourth-order valence-electron chi connectivity index (χ4n) is 2.11. The van der Waals surface area contributed by atoms with Crippen LogP contribution in [0, 0.1) is 0 Å². The smallest absolute Gasteiger partial charge is 0.333 e. The number of fused-ring (bicyclic) bond motifs is 1. The van der Waals surface area contributed by atoms with E-state index in [1.807, 2.05) is 0 Å². The van der Waals surface area contributed by atoms with Gasteiger partial charge in [0.15, 0.2) is 17.7 Å². The zero-order valence-electron chi connectivity index (χ0n) is 10.8. The van der Waals surface area contributed by atoms with Crippen molar-refractivity contribution < 1.29 is 13.9 Å². The Morgan fingerprint density at radius 1 is 1.38 bits per heavy atom. The molecule has 1 atom stereocenters. The lowest BCUT2D eigenvalue weighted by atomic mass is 10.2. The predicted octanol–water partition coefficient (Wildman–Crippen LogP) is 1.45.